The Hall–Kier alpha value is -4.09. The van der Waals surface area contributed by atoms with E-state index in [-0.39, 0.29) is 16.7 Å². The summed E-state index contributed by atoms with van der Waals surface area (Å²) >= 11 is 0. The third-order valence-electron chi connectivity index (χ3n) is 7.35. The summed E-state index contributed by atoms with van der Waals surface area (Å²) in [4.78, 5) is 32.5. The second kappa shape index (κ2) is 12.2. The van der Waals surface area contributed by atoms with Crippen molar-refractivity contribution in [3.05, 3.63) is 83.4 Å². The zero-order chi connectivity index (χ0) is 29.0. The Kier molecular flexibility index (Phi) is 8.46. The molecule has 0 spiro atoms. The smallest absolute Gasteiger partial charge is 0.261 e. The van der Waals surface area contributed by atoms with Crippen LogP contribution in [0.15, 0.2) is 71.6 Å². The van der Waals surface area contributed by atoms with Gasteiger partial charge in [-0.15, -0.1) is 0 Å². The molecule has 2 amide bonds. The first-order valence-electron chi connectivity index (χ1n) is 13.5. The Balaban J connectivity index is 1.36. The molecule has 216 valence electrons. The largest absolute Gasteiger partial charge is 0.497 e. The molecule has 1 N–H and O–H groups in total. The molecule has 2 aliphatic rings. The van der Waals surface area contributed by atoms with Crippen LogP contribution in [0.4, 0.5) is 11.4 Å². The Morgan fingerprint density at radius 2 is 1.44 bits per heavy atom. The fourth-order valence-electron chi connectivity index (χ4n) is 4.98. The van der Waals surface area contributed by atoms with Crippen molar-refractivity contribution >= 4 is 33.2 Å². The maximum Gasteiger partial charge on any atom is 0.261 e. The second-order valence-corrected chi connectivity index (χ2v) is 11.7. The molecule has 0 aliphatic carbocycles. The number of amides is 2. The summed E-state index contributed by atoms with van der Waals surface area (Å²) < 4.78 is 39.4. The van der Waals surface area contributed by atoms with E-state index in [0.717, 1.165) is 5.56 Å². The molecule has 3 aromatic carbocycles. The molecule has 10 nitrogen and oxygen atoms in total. The Labute approximate surface area is 240 Å². The number of benzene rings is 3. The van der Waals surface area contributed by atoms with Gasteiger partial charge in [0.25, 0.3) is 21.8 Å². The van der Waals surface area contributed by atoms with Crippen LogP contribution < -0.4 is 14.4 Å². The van der Waals surface area contributed by atoms with Gasteiger partial charge in [0.15, 0.2) is 0 Å². The number of morpholine rings is 1. The van der Waals surface area contributed by atoms with Crippen molar-refractivity contribution in [3.63, 3.8) is 0 Å². The number of anilines is 2. The molecule has 3 aromatic rings. The van der Waals surface area contributed by atoms with Crippen LogP contribution >= 0.6 is 0 Å². The number of carbonyl (C=O) groups is 2. The highest BCUT2D eigenvalue weighted by molar-refractivity contribution is 7.92. The number of hydrogen-bond donors (Lipinski definition) is 1. The van der Waals surface area contributed by atoms with Crippen molar-refractivity contribution in [2.24, 2.45) is 0 Å². The predicted octanol–water partition coefficient (Wildman–Crippen LogP) is 3.24. The summed E-state index contributed by atoms with van der Waals surface area (Å²) in [7, 11) is -2.26. The number of nitrogens with one attached hydrogen (secondary N) is 1. The number of aryl methyl sites for hydroxylation is 1. The zero-order valence-corrected chi connectivity index (χ0v) is 24.0. The van der Waals surface area contributed by atoms with E-state index in [9.17, 15) is 18.0 Å². The van der Waals surface area contributed by atoms with Gasteiger partial charge in [0.05, 0.1) is 30.8 Å². The number of piperazine rings is 1. The van der Waals surface area contributed by atoms with Crippen molar-refractivity contribution in [1.29, 1.82) is 0 Å². The fourth-order valence-corrected chi connectivity index (χ4v) is 6.03. The molecule has 41 heavy (non-hydrogen) atoms. The first-order chi connectivity index (χ1) is 19.7. The summed E-state index contributed by atoms with van der Waals surface area (Å²) in [6, 6.07) is 18.7. The highest BCUT2D eigenvalue weighted by Gasteiger charge is 2.28. The van der Waals surface area contributed by atoms with E-state index in [4.69, 9.17) is 9.47 Å². The van der Waals surface area contributed by atoms with Crippen molar-refractivity contribution in [2.45, 2.75) is 11.8 Å². The molecule has 0 aromatic heterocycles. The van der Waals surface area contributed by atoms with E-state index in [2.05, 4.69) is 9.62 Å². The lowest BCUT2D eigenvalue weighted by molar-refractivity contribution is 0.0303. The molecule has 2 heterocycles. The van der Waals surface area contributed by atoms with Gasteiger partial charge in [-0.3, -0.25) is 14.3 Å². The zero-order valence-electron chi connectivity index (χ0n) is 23.2. The quantitative estimate of drug-likeness (QED) is 0.459. The summed E-state index contributed by atoms with van der Waals surface area (Å²) in [5, 5.41) is 0. The van der Waals surface area contributed by atoms with Crippen LogP contribution in [0.5, 0.6) is 5.75 Å². The minimum absolute atomic E-state index is 0.0576. The van der Waals surface area contributed by atoms with Crippen LogP contribution in [-0.2, 0) is 14.8 Å². The maximum atomic E-state index is 13.7. The van der Waals surface area contributed by atoms with Crippen LogP contribution in [0.1, 0.15) is 26.3 Å². The molecule has 0 unspecified atom stereocenters. The Morgan fingerprint density at radius 1 is 0.805 bits per heavy atom. The molecule has 11 heteroatoms. The average Bonchev–Trinajstić information content (AvgIpc) is 3.01. The normalized spacial score (nSPS) is 15.9. The lowest BCUT2D eigenvalue weighted by atomic mass is 10.1. The summed E-state index contributed by atoms with van der Waals surface area (Å²) in [5.41, 5.74) is 2.96. The lowest BCUT2D eigenvalue weighted by Gasteiger charge is -2.37. The molecule has 0 radical (unpaired) electrons. The van der Waals surface area contributed by atoms with Crippen LogP contribution in [0.3, 0.4) is 0 Å². The first kappa shape index (κ1) is 28.4. The number of methoxy groups -OCH3 is 1. The van der Waals surface area contributed by atoms with Gasteiger partial charge in [0.1, 0.15) is 5.75 Å². The summed E-state index contributed by atoms with van der Waals surface area (Å²) in [6.07, 6.45) is 0. The highest BCUT2D eigenvalue weighted by Crippen LogP contribution is 2.29. The lowest BCUT2D eigenvalue weighted by Crippen LogP contribution is -2.49. The maximum absolute atomic E-state index is 13.7. The molecule has 0 atom stereocenters. The topological polar surface area (TPSA) is 108 Å². The van der Waals surface area contributed by atoms with Gasteiger partial charge in [-0.1, -0.05) is 17.7 Å². The minimum atomic E-state index is -3.84. The van der Waals surface area contributed by atoms with Crippen LogP contribution in [0.2, 0.25) is 0 Å². The molecule has 0 bridgehead atoms. The van der Waals surface area contributed by atoms with Gasteiger partial charge in [0, 0.05) is 56.2 Å². The van der Waals surface area contributed by atoms with Crippen LogP contribution in [0.25, 0.3) is 0 Å². The van der Waals surface area contributed by atoms with Crippen LogP contribution in [0, 0.1) is 6.92 Å². The molecule has 2 fully saturated rings. The Bertz CT molecular complexity index is 1490. The first-order valence-corrected chi connectivity index (χ1v) is 15.0. The number of ether oxygens (including phenoxy) is 2. The van der Waals surface area contributed by atoms with Crippen molar-refractivity contribution in [3.8, 4) is 5.75 Å². The highest BCUT2D eigenvalue weighted by atomic mass is 32.2. The second-order valence-electron chi connectivity index (χ2n) is 10.1. The van der Waals surface area contributed by atoms with Gasteiger partial charge in [-0.25, -0.2) is 8.42 Å². The van der Waals surface area contributed by atoms with E-state index in [0.29, 0.717) is 80.7 Å². The number of hydrogen-bond acceptors (Lipinski definition) is 7. The SMILES string of the molecule is COc1ccc(C(=O)N2CCN(c3ccc(NS(=O)(=O)c4ccc(C)cc4)cc3C(=O)N3CCOCC3)CC2)cc1. The number of sulfonamides is 1. The van der Waals surface area contributed by atoms with Crippen molar-refractivity contribution in [1.82, 2.24) is 9.80 Å². The van der Waals surface area contributed by atoms with E-state index >= 15 is 0 Å². The minimum Gasteiger partial charge on any atom is -0.497 e. The van der Waals surface area contributed by atoms with Crippen LogP contribution in [-0.4, -0.2) is 89.6 Å². The standard InChI is InChI=1S/C30H34N4O6S/c1-22-3-10-26(11-4-22)41(37,38)31-24-7-12-28(27(21-24)30(36)34-17-19-40-20-18-34)32-13-15-33(16-14-32)29(35)23-5-8-25(39-2)9-6-23/h3-12,21,31H,13-20H2,1-2H3. The van der Waals surface area contributed by atoms with Gasteiger partial charge in [-0.05, 0) is 61.5 Å². The third-order valence-corrected chi connectivity index (χ3v) is 8.75. The summed E-state index contributed by atoms with van der Waals surface area (Å²) in [5.74, 6) is 0.447. The van der Waals surface area contributed by atoms with E-state index in [1.807, 2.05) is 6.92 Å². The van der Waals surface area contributed by atoms with E-state index < -0.39 is 10.0 Å². The predicted molar refractivity (Wildman–Crippen MR) is 156 cm³/mol. The molecule has 2 saturated heterocycles. The van der Waals surface area contributed by atoms with E-state index in [1.54, 1.807) is 83.6 Å². The average molecular weight is 579 g/mol. The monoisotopic (exact) mass is 578 g/mol. The Morgan fingerprint density at radius 3 is 2.07 bits per heavy atom. The molecular formula is C30H34N4O6S. The van der Waals surface area contributed by atoms with Gasteiger partial charge in [0.2, 0.25) is 0 Å². The van der Waals surface area contributed by atoms with Crippen molar-refractivity contribution < 1.29 is 27.5 Å². The van der Waals surface area contributed by atoms with E-state index in [1.165, 1.54) is 0 Å². The van der Waals surface area contributed by atoms with Gasteiger partial charge < -0.3 is 24.2 Å². The molecule has 2 aliphatic heterocycles. The third kappa shape index (κ3) is 6.47. The molecular weight excluding hydrogens is 544 g/mol. The summed E-state index contributed by atoms with van der Waals surface area (Å²) in [6.45, 7) is 5.74. The van der Waals surface area contributed by atoms with Gasteiger partial charge in [-0.2, -0.15) is 0 Å². The molecule has 0 saturated carbocycles. The number of carbonyl (C=O) groups excluding carboxylic acids is 2. The van der Waals surface area contributed by atoms with Gasteiger partial charge >= 0.3 is 0 Å². The number of nitrogens with zero attached hydrogens (tertiary/aromatic N) is 3. The fraction of sp³-hybridized carbons (Fsp3) is 0.333. The number of rotatable bonds is 7. The van der Waals surface area contributed by atoms with Crippen molar-refractivity contribution in [2.75, 3.05) is 69.2 Å². The molecule has 5 rings (SSSR count).